The summed E-state index contributed by atoms with van der Waals surface area (Å²) < 4.78 is 26.6. The molecule has 0 saturated heterocycles. The zero-order chi connectivity index (χ0) is 17.2. The predicted octanol–water partition coefficient (Wildman–Crippen LogP) is 3.45. The van der Waals surface area contributed by atoms with Gasteiger partial charge in [-0.05, 0) is 43.2 Å². The maximum Gasteiger partial charge on any atom is 0.266 e. The molecule has 0 radical (unpaired) electrons. The molecule has 0 aromatic heterocycles. The molecular weight excluding hydrogens is 324 g/mol. The fourth-order valence-electron chi connectivity index (χ4n) is 2.39. The van der Waals surface area contributed by atoms with E-state index in [9.17, 15) is 8.42 Å². The monoisotopic (exact) mass is 342 g/mol. The molecule has 24 heavy (non-hydrogen) atoms. The summed E-state index contributed by atoms with van der Waals surface area (Å²) in [5.74, 6) is 0.125. The topological polar surface area (TPSA) is 74.5 Å². The van der Waals surface area contributed by atoms with Gasteiger partial charge in [-0.3, -0.25) is 0 Å². The summed E-state index contributed by atoms with van der Waals surface area (Å²) >= 11 is 0. The number of nitrogens with zero attached hydrogens (tertiary/aromatic N) is 4. The minimum Gasteiger partial charge on any atom is -0.247 e. The van der Waals surface area contributed by atoms with Crippen LogP contribution in [0.2, 0.25) is 0 Å². The average molecular weight is 342 g/mol. The molecule has 2 aromatic carbocycles. The molecule has 0 bridgehead atoms. The number of aliphatic imine (C=N–C) groups is 1. The van der Waals surface area contributed by atoms with Gasteiger partial charge in [0.1, 0.15) is 0 Å². The Balaban J connectivity index is 1.89. The Morgan fingerprint density at radius 2 is 1.75 bits per heavy atom. The first-order chi connectivity index (χ1) is 11.5. The normalized spacial score (nSPS) is 15.1. The lowest BCUT2D eigenvalue weighted by Gasteiger charge is -2.17. The minimum atomic E-state index is -3.66. The molecule has 7 heteroatoms. The van der Waals surface area contributed by atoms with Crippen LogP contribution >= 0.6 is 0 Å². The highest BCUT2D eigenvalue weighted by molar-refractivity contribution is 7.89. The second-order valence-corrected chi connectivity index (χ2v) is 7.35. The van der Waals surface area contributed by atoms with E-state index < -0.39 is 10.0 Å². The van der Waals surface area contributed by atoms with Gasteiger partial charge in [0, 0.05) is 0 Å². The number of hydrogen-bond acceptors (Lipinski definition) is 5. The molecule has 0 amide bonds. The predicted molar refractivity (Wildman–Crippen MR) is 93.1 cm³/mol. The lowest BCUT2D eigenvalue weighted by Crippen LogP contribution is -2.33. The highest BCUT2D eigenvalue weighted by Crippen LogP contribution is 2.23. The van der Waals surface area contributed by atoms with Crippen molar-refractivity contribution in [2.75, 3.05) is 13.1 Å². The maximum absolute atomic E-state index is 12.7. The number of hydrogen-bond donors (Lipinski definition) is 0. The van der Waals surface area contributed by atoms with Crippen LogP contribution in [-0.2, 0) is 10.0 Å². The Morgan fingerprint density at radius 1 is 1.00 bits per heavy atom. The van der Waals surface area contributed by atoms with E-state index in [4.69, 9.17) is 0 Å². The summed E-state index contributed by atoms with van der Waals surface area (Å²) in [7, 11) is -3.66. The van der Waals surface area contributed by atoms with E-state index >= 15 is 0 Å². The van der Waals surface area contributed by atoms with Crippen LogP contribution in [0, 0.1) is 13.8 Å². The van der Waals surface area contributed by atoms with Crippen LogP contribution < -0.4 is 0 Å². The largest absolute Gasteiger partial charge is 0.266 e. The first kappa shape index (κ1) is 16.3. The molecule has 124 valence electrons. The van der Waals surface area contributed by atoms with Crippen molar-refractivity contribution >= 4 is 21.7 Å². The number of azo groups is 1. The third-order valence-electron chi connectivity index (χ3n) is 3.93. The van der Waals surface area contributed by atoms with Crippen LogP contribution in [0.5, 0.6) is 0 Å². The van der Waals surface area contributed by atoms with Gasteiger partial charge in [-0.25, -0.2) is 17.7 Å². The van der Waals surface area contributed by atoms with Crippen molar-refractivity contribution in [3.05, 3.63) is 59.7 Å². The van der Waals surface area contributed by atoms with E-state index in [1.54, 1.807) is 30.3 Å². The smallest absolute Gasteiger partial charge is 0.247 e. The molecule has 0 spiro atoms. The summed E-state index contributed by atoms with van der Waals surface area (Å²) in [4.78, 5) is 4.40. The van der Waals surface area contributed by atoms with Crippen molar-refractivity contribution in [2.24, 2.45) is 15.2 Å². The second kappa shape index (κ2) is 6.52. The fourth-order valence-corrected chi connectivity index (χ4v) is 3.78. The summed E-state index contributed by atoms with van der Waals surface area (Å²) in [5.41, 5.74) is 2.83. The summed E-state index contributed by atoms with van der Waals surface area (Å²) in [6, 6.07) is 14.0. The van der Waals surface area contributed by atoms with Crippen LogP contribution in [0.3, 0.4) is 0 Å². The van der Waals surface area contributed by atoms with Crippen LogP contribution in [0.4, 0.5) is 5.69 Å². The Hall–Kier alpha value is -2.54. The van der Waals surface area contributed by atoms with Gasteiger partial charge >= 0.3 is 0 Å². The van der Waals surface area contributed by atoms with Gasteiger partial charge in [-0.2, -0.15) is 0 Å². The van der Waals surface area contributed by atoms with Gasteiger partial charge < -0.3 is 0 Å². The Bertz CT molecular complexity index is 905. The lowest BCUT2D eigenvalue weighted by atomic mass is 10.1. The lowest BCUT2D eigenvalue weighted by molar-refractivity contribution is 0.535. The molecule has 0 atom stereocenters. The molecule has 0 fully saturated rings. The standard InChI is InChI=1S/C17H18N4O2S/c1-13-7-6-10-16(14(13)2)19-20-17-18-11-12-21(17)24(22,23)15-8-4-3-5-9-15/h3-10H,11-12H2,1-2H3. The van der Waals surface area contributed by atoms with Gasteiger partial charge in [0.25, 0.3) is 16.0 Å². The minimum absolute atomic E-state index is 0.125. The van der Waals surface area contributed by atoms with Gasteiger partial charge in [-0.15, -0.1) is 10.2 Å². The van der Waals surface area contributed by atoms with Crippen molar-refractivity contribution in [2.45, 2.75) is 18.7 Å². The van der Waals surface area contributed by atoms with E-state index in [0.717, 1.165) is 11.1 Å². The summed E-state index contributed by atoms with van der Waals surface area (Å²) in [6.45, 7) is 4.61. The number of guanidine groups is 1. The molecule has 0 aliphatic carbocycles. The summed E-state index contributed by atoms with van der Waals surface area (Å²) in [5, 5.41) is 8.28. The molecule has 1 heterocycles. The van der Waals surface area contributed by atoms with E-state index in [-0.39, 0.29) is 17.4 Å². The third-order valence-corrected chi connectivity index (χ3v) is 5.73. The van der Waals surface area contributed by atoms with Crippen LogP contribution in [0.1, 0.15) is 11.1 Å². The van der Waals surface area contributed by atoms with E-state index in [2.05, 4.69) is 15.2 Å². The van der Waals surface area contributed by atoms with E-state index in [1.807, 2.05) is 32.0 Å². The molecule has 6 nitrogen and oxygen atoms in total. The zero-order valence-corrected chi connectivity index (χ0v) is 14.4. The third kappa shape index (κ3) is 3.07. The highest BCUT2D eigenvalue weighted by Gasteiger charge is 2.30. The highest BCUT2D eigenvalue weighted by atomic mass is 32.2. The fraction of sp³-hybridized carbons (Fsp3) is 0.235. The summed E-state index contributed by atoms with van der Waals surface area (Å²) in [6.07, 6.45) is 0. The van der Waals surface area contributed by atoms with Crippen LogP contribution in [0.25, 0.3) is 0 Å². The number of aryl methyl sites for hydroxylation is 1. The van der Waals surface area contributed by atoms with Gasteiger partial charge in [0.05, 0.1) is 23.7 Å². The Kier molecular flexibility index (Phi) is 4.44. The molecular formula is C17H18N4O2S. The quantitative estimate of drug-likeness (QED) is 0.801. The van der Waals surface area contributed by atoms with Crippen molar-refractivity contribution in [1.82, 2.24) is 4.31 Å². The van der Waals surface area contributed by atoms with Crippen molar-refractivity contribution in [3.8, 4) is 0 Å². The van der Waals surface area contributed by atoms with E-state index in [1.165, 1.54) is 4.31 Å². The molecule has 3 rings (SSSR count). The molecule has 1 aliphatic heterocycles. The molecule has 2 aromatic rings. The van der Waals surface area contributed by atoms with Gasteiger partial charge in [0.2, 0.25) is 0 Å². The zero-order valence-electron chi connectivity index (χ0n) is 13.5. The van der Waals surface area contributed by atoms with Crippen LogP contribution in [-0.4, -0.2) is 31.8 Å². The Morgan fingerprint density at radius 3 is 2.50 bits per heavy atom. The first-order valence-electron chi connectivity index (χ1n) is 7.60. The first-order valence-corrected chi connectivity index (χ1v) is 9.04. The number of sulfonamides is 1. The van der Waals surface area contributed by atoms with Gasteiger partial charge in [0.15, 0.2) is 0 Å². The van der Waals surface area contributed by atoms with E-state index in [0.29, 0.717) is 12.2 Å². The second-order valence-electron chi connectivity index (χ2n) is 5.49. The van der Waals surface area contributed by atoms with Crippen molar-refractivity contribution in [1.29, 1.82) is 0 Å². The maximum atomic E-state index is 12.7. The number of rotatable bonds is 3. The van der Waals surface area contributed by atoms with Crippen LogP contribution in [0.15, 0.2) is 68.6 Å². The molecule has 0 unspecified atom stereocenters. The molecule has 0 saturated carbocycles. The molecule has 0 N–H and O–H groups in total. The van der Waals surface area contributed by atoms with Gasteiger partial charge in [-0.1, -0.05) is 30.3 Å². The van der Waals surface area contributed by atoms with Crippen molar-refractivity contribution < 1.29 is 8.42 Å². The SMILES string of the molecule is Cc1cccc(N=NC2=NCCN2S(=O)(=O)c2ccccc2)c1C. The number of benzene rings is 2. The molecule has 1 aliphatic rings. The Labute approximate surface area is 141 Å². The van der Waals surface area contributed by atoms with Crippen molar-refractivity contribution in [3.63, 3.8) is 0 Å². The average Bonchev–Trinajstić information content (AvgIpc) is 3.06.